The Morgan fingerprint density at radius 3 is 2.81 bits per heavy atom. The molecule has 2 unspecified atom stereocenters. The molecule has 1 saturated heterocycles. The molecule has 0 N–H and O–H groups in total. The van der Waals surface area contributed by atoms with Crippen molar-refractivity contribution in [3.8, 4) is 0 Å². The van der Waals surface area contributed by atoms with Crippen molar-refractivity contribution in [2.24, 2.45) is 0 Å². The molecular weight excluding hydrogens is 240 g/mol. The first kappa shape index (κ1) is 13.0. The molecule has 16 heavy (non-hydrogen) atoms. The Hall–Kier alpha value is 0.600. The number of ether oxygens (including phenoxy) is 1. The monoisotopic (exact) mass is 262 g/mol. The molecule has 1 heterocycles. The highest BCUT2D eigenvalue weighted by Gasteiger charge is 2.41. The zero-order valence-corrected chi connectivity index (χ0v) is 11.8. The van der Waals surface area contributed by atoms with Crippen LogP contribution in [0.2, 0.25) is 0 Å². The van der Waals surface area contributed by atoms with Crippen LogP contribution in [0.4, 0.5) is 0 Å². The van der Waals surface area contributed by atoms with Gasteiger partial charge in [-0.25, -0.2) is 0 Å². The van der Waals surface area contributed by atoms with Crippen molar-refractivity contribution in [1.29, 1.82) is 0 Å². The number of hydrogen-bond donors (Lipinski definition) is 0. The van der Waals surface area contributed by atoms with E-state index in [-0.39, 0.29) is 0 Å². The quantitative estimate of drug-likeness (QED) is 0.686. The third-order valence-electron chi connectivity index (χ3n) is 3.94. The molecule has 2 atom stereocenters. The van der Waals surface area contributed by atoms with Crippen molar-refractivity contribution in [2.45, 2.75) is 68.8 Å². The van der Waals surface area contributed by atoms with E-state index in [0.29, 0.717) is 17.0 Å². The zero-order valence-electron chi connectivity index (χ0n) is 10.2. The molecule has 2 fully saturated rings. The molecule has 1 spiro atoms. The molecule has 3 heteroatoms. The van der Waals surface area contributed by atoms with E-state index in [4.69, 9.17) is 16.3 Å². The number of halogens is 1. The van der Waals surface area contributed by atoms with Crippen molar-refractivity contribution in [3.05, 3.63) is 0 Å². The number of rotatable bonds is 5. The van der Waals surface area contributed by atoms with Gasteiger partial charge in [0.2, 0.25) is 0 Å². The first-order valence-electron chi connectivity index (χ1n) is 6.59. The second-order valence-corrected chi connectivity index (χ2v) is 7.14. The fourth-order valence-electron chi connectivity index (χ4n) is 2.91. The predicted octanol–water partition coefficient (Wildman–Crippen LogP) is 4.23. The zero-order chi connectivity index (χ0) is 11.4. The van der Waals surface area contributed by atoms with Crippen LogP contribution in [0, 0.1) is 0 Å². The molecule has 0 amide bonds. The van der Waals surface area contributed by atoms with Gasteiger partial charge in [0.25, 0.3) is 0 Å². The second kappa shape index (κ2) is 5.97. The molecule has 0 aromatic rings. The SMILES string of the molecule is CC(CCCl)SCC1CCC2(CCCC2)O1. The number of hydrogen-bond acceptors (Lipinski definition) is 2. The lowest BCUT2D eigenvalue weighted by atomic mass is 9.98. The van der Waals surface area contributed by atoms with E-state index in [1.807, 2.05) is 11.8 Å². The van der Waals surface area contributed by atoms with E-state index in [1.54, 1.807) is 0 Å². The average Bonchev–Trinajstić information content (AvgIpc) is 2.88. The topological polar surface area (TPSA) is 9.23 Å². The van der Waals surface area contributed by atoms with Crippen LogP contribution in [0.5, 0.6) is 0 Å². The molecule has 0 radical (unpaired) electrons. The lowest BCUT2D eigenvalue weighted by Crippen LogP contribution is -2.25. The maximum atomic E-state index is 6.28. The molecule has 94 valence electrons. The van der Waals surface area contributed by atoms with E-state index in [1.165, 1.54) is 44.3 Å². The predicted molar refractivity (Wildman–Crippen MR) is 72.6 cm³/mol. The van der Waals surface area contributed by atoms with Crippen LogP contribution in [-0.4, -0.2) is 28.6 Å². The highest BCUT2D eigenvalue weighted by Crippen LogP contribution is 2.44. The van der Waals surface area contributed by atoms with Gasteiger partial charge in [-0.3, -0.25) is 0 Å². The van der Waals surface area contributed by atoms with Gasteiger partial charge in [0, 0.05) is 16.9 Å². The number of alkyl halides is 1. The third kappa shape index (κ3) is 3.30. The molecule has 1 aliphatic carbocycles. The Morgan fingerprint density at radius 1 is 1.38 bits per heavy atom. The Kier molecular flexibility index (Phi) is 4.87. The minimum Gasteiger partial charge on any atom is -0.371 e. The van der Waals surface area contributed by atoms with Crippen LogP contribution in [0.25, 0.3) is 0 Å². The van der Waals surface area contributed by atoms with E-state index < -0.39 is 0 Å². The van der Waals surface area contributed by atoms with Crippen molar-refractivity contribution in [1.82, 2.24) is 0 Å². The lowest BCUT2D eigenvalue weighted by molar-refractivity contribution is -0.0267. The smallest absolute Gasteiger partial charge is 0.0687 e. The standard InChI is InChI=1S/C13H23ClOS/c1-11(5-9-14)16-10-12-4-8-13(15-12)6-2-3-7-13/h11-12H,2-10H2,1H3. The number of thioether (sulfide) groups is 1. The summed E-state index contributed by atoms with van der Waals surface area (Å²) in [6, 6.07) is 0. The van der Waals surface area contributed by atoms with Gasteiger partial charge in [0.05, 0.1) is 11.7 Å². The van der Waals surface area contributed by atoms with Crippen LogP contribution in [0.15, 0.2) is 0 Å². The molecule has 1 saturated carbocycles. The summed E-state index contributed by atoms with van der Waals surface area (Å²) in [5.74, 6) is 1.95. The second-order valence-electron chi connectivity index (χ2n) is 5.29. The summed E-state index contributed by atoms with van der Waals surface area (Å²) < 4.78 is 6.28. The largest absolute Gasteiger partial charge is 0.371 e. The van der Waals surface area contributed by atoms with Crippen LogP contribution < -0.4 is 0 Å². The summed E-state index contributed by atoms with van der Waals surface area (Å²) in [6.45, 7) is 2.27. The third-order valence-corrected chi connectivity index (χ3v) is 5.52. The molecule has 1 nitrogen and oxygen atoms in total. The minimum absolute atomic E-state index is 0.306. The first-order chi connectivity index (χ1) is 7.74. The Bertz CT molecular complexity index is 216. The lowest BCUT2D eigenvalue weighted by Gasteiger charge is -2.24. The minimum atomic E-state index is 0.306. The fourth-order valence-corrected chi connectivity index (χ4v) is 4.43. The molecule has 2 aliphatic rings. The van der Waals surface area contributed by atoms with Crippen molar-refractivity contribution in [3.63, 3.8) is 0 Å². The van der Waals surface area contributed by atoms with Crippen LogP contribution in [0.1, 0.15) is 51.9 Å². The van der Waals surface area contributed by atoms with Crippen LogP contribution >= 0.6 is 23.4 Å². The Labute approximate surface area is 109 Å². The van der Waals surface area contributed by atoms with Crippen molar-refractivity contribution < 1.29 is 4.74 Å². The Morgan fingerprint density at radius 2 is 2.12 bits per heavy atom. The van der Waals surface area contributed by atoms with E-state index >= 15 is 0 Å². The van der Waals surface area contributed by atoms with E-state index in [9.17, 15) is 0 Å². The summed E-state index contributed by atoms with van der Waals surface area (Å²) in [4.78, 5) is 0. The summed E-state index contributed by atoms with van der Waals surface area (Å²) >= 11 is 7.78. The highest BCUT2D eigenvalue weighted by atomic mass is 35.5. The fraction of sp³-hybridized carbons (Fsp3) is 1.00. The molecule has 0 aromatic carbocycles. The summed E-state index contributed by atoms with van der Waals surface area (Å²) in [7, 11) is 0. The van der Waals surface area contributed by atoms with E-state index in [2.05, 4.69) is 6.92 Å². The maximum absolute atomic E-state index is 6.28. The van der Waals surface area contributed by atoms with Crippen molar-refractivity contribution in [2.75, 3.05) is 11.6 Å². The first-order valence-corrected chi connectivity index (χ1v) is 8.18. The van der Waals surface area contributed by atoms with Gasteiger partial charge in [-0.15, -0.1) is 11.6 Å². The normalized spacial score (nSPS) is 30.0. The Balaban J connectivity index is 1.68. The van der Waals surface area contributed by atoms with Crippen LogP contribution in [-0.2, 0) is 4.74 Å². The van der Waals surface area contributed by atoms with Gasteiger partial charge in [-0.1, -0.05) is 19.8 Å². The van der Waals surface area contributed by atoms with Crippen molar-refractivity contribution >= 4 is 23.4 Å². The maximum Gasteiger partial charge on any atom is 0.0687 e. The molecular formula is C13H23ClOS. The molecule has 2 rings (SSSR count). The van der Waals surface area contributed by atoms with E-state index in [0.717, 1.165) is 12.3 Å². The van der Waals surface area contributed by atoms with Gasteiger partial charge in [0.1, 0.15) is 0 Å². The van der Waals surface area contributed by atoms with Gasteiger partial charge in [-0.05, 0) is 32.1 Å². The van der Waals surface area contributed by atoms with Gasteiger partial charge in [0.15, 0.2) is 0 Å². The van der Waals surface area contributed by atoms with Gasteiger partial charge < -0.3 is 4.74 Å². The average molecular weight is 263 g/mol. The molecule has 1 aliphatic heterocycles. The highest BCUT2D eigenvalue weighted by molar-refractivity contribution is 7.99. The summed E-state index contributed by atoms with van der Waals surface area (Å²) in [5, 5.41) is 0.682. The molecule has 0 bridgehead atoms. The summed E-state index contributed by atoms with van der Waals surface area (Å²) in [5.41, 5.74) is 0.306. The summed E-state index contributed by atoms with van der Waals surface area (Å²) in [6.07, 6.45) is 9.59. The van der Waals surface area contributed by atoms with Gasteiger partial charge >= 0.3 is 0 Å². The van der Waals surface area contributed by atoms with Crippen LogP contribution in [0.3, 0.4) is 0 Å². The molecule has 0 aromatic heterocycles. The van der Waals surface area contributed by atoms with Gasteiger partial charge in [-0.2, -0.15) is 11.8 Å².